The molecular formula is C10H12FN. The second-order valence-electron chi connectivity index (χ2n) is 3.71. The van der Waals surface area contributed by atoms with Crippen molar-refractivity contribution in [1.29, 1.82) is 0 Å². The molecule has 1 aliphatic rings. The van der Waals surface area contributed by atoms with Crippen LogP contribution in [0, 0.1) is 5.82 Å². The zero-order valence-corrected chi connectivity index (χ0v) is 7.05. The standard InChI is InChI=1S/C10H12FN/c1-10(6-9(10)12)7-4-2-3-5-8(7)11/h2-5,9H,6,12H2,1H3/t9-,10+/m0/s1. The maximum Gasteiger partial charge on any atom is 0.127 e. The van der Waals surface area contributed by atoms with E-state index in [1.54, 1.807) is 6.07 Å². The molecule has 64 valence electrons. The highest BCUT2D eigenvalue weighted by atomic mass is 19.1. The molecule has 2 atom stereocenters. The van der Waals surface area contributed by atoms with Gasteiger partial charge in [-0.1, -0.05) is 25.1 Å². The van der Waals surface area contributed by atoms with Crippen LogP contribution in [0.25, 0.3) is 0 Å². The molecule has 12 heavy (non-hydrogen) atoms. The van der Waals surface area contributed by atoms with Gasteiger partial charge in [0.25, 0.3) is 0 Å². The third-order valence-corrected chi connectivity index (χ3v) is 2.79. The highest BCUT2D eigenvalue weighted by molar-refractivity contribution is 5.35. The summed E-state index contributed by atoms with van der Waals surface area (Å²) in [5.74, 6) is -0.132. The predicted octanol–water partition coefficient (Wildman–Crippen LogP) is 1.81. The summed E-state index contributed by atoms with van der Waals surface area (Å²) >= 11 is 0. The normalized spacial score (nSPS) is 33.4. The summed E-state index contributed by atoms with van der Waals surface area (Å²) in [5.41, 5.74) is 6.39. The fraction of sp³-hybridized carbons (Fsp3) is 0.400. The minimum absolute atomic E-state index is 0.106. The molecule has 1 saturated carbocycles. The zero-order valence-electron chi connectivity index (χ0n) is 7.05. The Morgan fingerprint density at radius 3 is 2.58 bits per heavy atom. The van der Waals surface area contributed by atoms with Crippen molar-refractivity contribution in [2.75, 3.05) is 0 Å². The first kappa shape index (κ1) is 7.74. The van der Waals surface area contributed by atoms with E-state index in [9.17, 15) is 4.39 Å². The van der Waals surface area contributed by atoms with Gasteiger partial charge >= 0.3 is 0 Å². The van der Waals surface area contributed by atoms with Crippen molar-refractivity contribution >= 4 is 0 Å². The fourth-order valence-corrected chi connectivity index (χ4v) is 1.63. The lowest BCUT2D eigenvalue weighted by Gasteiger charge is -2.10. The van der Waals surface area contributed by atoms with E-state index in [0.29, 0.717) is 0 Å². The van der Waals surface area contributed by atoms with Crippen LogP contribution >= 0.6 is 0 Å². The smallest absolute Gasteiger partial charge is 0.127 e. The summed E-state index contributed by atoms with van der Waals surface area (Å²) in [6.07, 6.45) is 0.897. The highest BCUT2D eigenvalue weighted by Gasteiger charge is 2.50. The molecule has 0 aliphatic heterocycles. The average Bonchev–Trinajstić information content (AvgIpc) is 2.61. The molecular weight excluding hydrogens is 153 g/mol. The molecule has 0 amide bonds. The Balaban J connectivity index is 2.41. The van der Waals surface area contributed by atoms with Gasteiger partial charge in [-0.25, -0.2) is 4.39 Å². The quantitative estimate of drug-likeness (QED) is 0.674. The van der Waals surface area contributed by atoms with Crippen LogP contribution in [0.1, 0.15) is 18.9 Å². The van der Waals surface area contributed by atoms with Crippen LogP contribution in [0.2, 0.25) is 0 Å². The molecule has 0 unspecified atom stereocenters. The van der Waals surface area contributed by atoms with Gasteiger partial charge < -0.3 is 5.73 Å². The number of nitrogens with two attached hydrogens (primary N) is 1. The Morgan fingerprint density at radius 1 is 1.50 bits per heavy atom. The average molecular weight is 165 g/mol. The topological polar surface area (TPSA) is 26.0 Å². The molecule has 2 rings (SSSR count). The van der Waals surface area contributed by atoms with Gasteiger partial charge in [0.2, 0.25) is 0 Å². The van der Waals surface area contributed by atoms with E-state index < -0.39 is 0 Å². The van der Waals surface area contributed by atoms with E-state index in [1.165, 1.54) is 6.07 Å². The van der Waals surface area contributed by atoms with E-state index in [4.69, 9.17) is 5.73 Å². The number of rotatable bonds is 1. The third-order valence-electron chi connectivity index (χ3n) is 2.79. The van der Waals surface area contributed by atoms with Gasteiger partial charge in [0.1, 0.15) is 5.82 Å². The van der Waals surface area contributed by atoms with Crippen molar-refractivity contribution in [2.24, 2.45) is 5.73 Å². The molecule has 0 heterocycles. The predicted molar refractivity (Wildman–Crippen MR) is 46.3 cm³/mol. The molecule has 1 fully saturated rings. The second kappa shape index (κ2) is 2.30. The molecule has 2 heteroatoms. The molecule has 1 aromatic rings. The SMILES string of the molecule is C[C@]1(c2ccccc2F)C[C@@H]1N. The molecule has 1 nitrogen and oxygen atoms in total. The molecule has 0 radical (unpaired) electrons. The molecule has 2 N–H and O–H groups in total. The summed E-state index contributed by atoms with van der Waals surface area (Å²) in [7, 11) is 0. The summed E-state index contributed by atoms with van der Waals surface area (Å²) in [5, 5.41) is 0. The van der Waals surface area contributed by atoms with Crippen LogP contribution in [0.3, 0.4) is 0 Å². The van der Waals surface area contributed by atoms with Crippen LogP contribution in [-0.4, -0.2) is 6.04 Å². The van der Waals surface area contributed by atoms with Crippen LogP contribution in [-0.2, 0) is 5.41 Å². The van der Waals surface area contributed by atoms with Crippen molar-refractivity contribution in [1.82, 2.24) is 0 Å². The van der Waals surface area contributed by atoms with Crippen molar-refractivity contribution in [2.45, 2.75) is 24.8 Å². The number of benzene rings is 1. The molecule has 0 spiro atoms. The first-order valence-corrected chi connectivity index (χ1v) is 4.15. The Bertz CT molecular complexity index is 310. The van der Waals surface area contributed by atoms with Crippen molar-refractivity contribution < 1.29 is 4.39 Å². The summed E-state index contributed by atoms with van der Waals surface area (Å²) < 4.78 is 13.2. The van der Waals surface area contributed by atoms with E-state index in [-0.39, 0.29) is 17.3 Å². The van der Waals surface area contributed by atoms with E-state index in [0.717, 1.165) is 12.0 Å². The Labute approximate surface area is 71.4 Å². The van der Waals surface area contributed by atoms with Crippen molar-refractivity contribution in [3.8, 4) is 0 Å². The monoisotopic (exact) mass is 165 g/mol. The van der Waals surface area contributed by atoms with Crippen LogP contribution < -0.4 is 5.73 Å². The Kier molecular flexibility index (Phi) is 1.48. The van der Waals surface area contributed by atoms with Gasteiger partial charge in [0.15, 0.2) is 0 Å². The lowest BCUT2D eigenvalue weighted by Crippen LogP contribution is -2.15. The fourth-order valence-electron chi connectivity index (χ4n) is 1.63. The minimum atomic E-state index is -0.132. The van der Waals surface area contributed by atoms with Gasteiger partial charge in [-0.3, -0.25) is 0 Å². The van der Waals surface area contributed by atoms with E-state index in [1.807, 2.05) is 19.1 Å². The summed E-state index contributed by atoms with van der Waals surface area (Å²) in [6.45, 7) is 2.01. The van der Waals surface area contributed by atoms with Gasteiger partial charge in [-0.2, -0.15) is 0 Å². The van der Waals surface area contributed by atoms with E-state index >= 15 is 0 Å². The van der Waals surface area contributed by atoms with Crippen LogP contribution in [0.5, 0.6) is 0 Å². The Morgan fingerprint density at radius 2 is 2.08 bits per heavy atom. The largest absolute Gasteiger partial charge is 0.327 e. The van der Waals surface area contributed by atoms with Crippen LogP contribution in [0.15, 0.2) is 24.3 Å². The number of hydrogen-bond donors (Lipinski definition) is 1. The van der Waals surface area contributed by atoms with Crippen LogP contribution in [0.4, 0.5) is 4.39 Å². The first-order valence-electron chi connectivity index (χ1n) is 4.15. The molecule has 0 aromatic heterocycles. The van der Waals surface area contributed by atoms with Gasteiger partial charge in [0.05, 0.1) is 0 Å². The van der Waals surface area contributed by atoms with Gasteiger partial charge in [-0.15, -0.1) is 0 Å². The zero-order chi connectivity index (χ0) is 8.77. The summed E-state index contributed by atoms with van der Waals surface area (Å²) in [4.78, 5) is 0. The highest BCUT2D eigenvalue weighted by Crippen LogP contribution is 2.47. The van der Waals surface area contributed by atoms with E-state index in [2.05, 4.69) is 0 Å². The molecule has 0 saturated heterocycles. The lowest BCUT2D eigenvalue weighted by molar-refractivity contribution is 0.580. The summed E-state index contributed by atoms with van der Waals surface area (Å²) in [6, 6.07) is 7.01. The van der Waals surface area contributed by atoms with Crippen molar-refractivity contribution in [3.63, 3.8) is 0 Å². The Hall–Kier alpha value is -0.890. The van der Waals surface area contributed by atoms with Crippen molar-refractivity contribution in [3.05, 3.63) is 35.6 Å². The maximum atomic E-state index is 13.2. The second-order valence-corrected chi connectivity index (χ2v) is 3.71. The number of hydrogen-bond acceptors (Lipinski definition) is 1. The molecule has 0 bridgehead atoms. The van der Waals surface area contributed by atoms with Gasteiger partial charge in [-0.05, 0) is 18.1 Å². The van der Waals surface area contributed by atoms with Gasteiger partial charge in [0, 0.05) is 11.5 Å². The number of halogens is 1. The first-order chi connectivity index (χ1) is 5.64. The third kappa shape index (κ3) is 0.950. The minimum Gasteiger partial charge on any atom is -0.327 e. The lowest BCUT2D eigenvalue weighted by atomic mass is 9.97. The molecule has 1 aromatic carbocycles. The molecule has 1 aliphatic carbocycles. The maximum absolute atomic E-state index is 13.2.